The van der Waals surface area contributed by atoms with Gasteiger partial charge in [-0.05, 0) is 60.5 Å². The van der Waals surface area contributed by atoms with Gasteiger partial charge in [-0.15, -0.1) is 0 Å². The number of ether oxygens (including phenoxy) is 1. The van der Waals surface area contributed by atoms with Crippen molar-refractivity contribution in [1.82, 2.24) is 15.1 Å². The first-order valence-electron chi connectivity index (χ1n) is 14.3. The fraction of sp³-hybridized carbons (Fsp3) is 0.344. The number of hydrogen-bond donors (Lipinski definition) is 2. The minimum atomic E-state index is -0.309. The van der Waals surface area contributed by atoms with Crippen LogP contribution in [0.25, 0.3) is 0 Å². The van der Waals surface area contributed by atoms with Gasteiger partial charge in [-0.1, -0.05) is 29.8 Å². The molecule has 0 aromatic heterocycles. The Kier molecular flexibility index (Phi) is 9.61. The molecule has 0 aliphatic carbocycles. The summed E-state index contributed by atoms with van der Waals surface area (Å²) in [5.74, 6) is 0.466. The summed E-state index contributed by atoms with van der Waals surface area (Å²) in [6, 6.07) is 19.8. The molecule has 5 rings (SSSR count). The van der Waals surface area contributed by atoms with Crippen molar-refractivity contribution in [2.45, 2.75) is 12.8 Å². The third kappa shape index (κ3) is 7.21. The maximum Gasteiger partial charge on any atom is 0.255 e. The Morgan fingerprint density at radius 3 is 2.38 bits per heavy atom. The lowest BCUT2D eigenvalue weighted by Crippen LogP contribution is -2.46. The predicted octanol–water partition coefficient (Wildman–Crippen LogP) is 3.93. The fourth-order valence-electron chi connectivity index (χ4n) is 5.36. The standard InChI is InChI=1S/C32H36ClN5O4/c1-42-27-9-6-23(7-10-27)20-30(39)37-15-3-14-36(18-19-37)29-11-8-25(32(41)38-16-12-34-13-17-38)22-28(29)35-31(40)24-4-2-5-26(33)21-24/h2,4-11,21-22,34H,3,12-20H2,1H3,(H,35,40). The van der Waals surface area contributed by atoms with Gasteiger partial charge in [0.2, 0.25) is 5.91 Å². The maximum absolute atomic E-state index is 13.3. The Bertz CT molecular complexity index is 1420. The molecule has 3 aromatic carbocycles. The highest BCUT2D eigenvalue weighted by atomic mass is 35.5. The largest absolute Gasteiger partial charge is 0.497 e. The molecule has 0 saturated carbocycles. The molecule has 0 radical (unpaired) electrons. The molecule has 3 amide bonds. The zero-order valence-corrected chi connectivity index (χ0v) is 24.5. The van der Waals surface area contributed by atoms with Crippen molar-refractivity contribution in [2.75, 3.05) is 69.7 Å². The number of carbonyl (C=O) groups is 3. The summed E-state index contributed by atoms with van der Waals surface area (Å²) in [6.07, 6.45) is 1.10. The Morgan fingerprint density at radius 2 is 1.64 bits per heavy atom. The summed E-state index contributed by atoms with van der Waals surface area (Å²) < 4.78 is 5.22. The predicted molar refractivity (Wildman–Crippen MR) is 165 cm³/mol. The summed E-state index contributed by atoms with van der Waals surface area (Å²) in [4.78, 5) is 45.6. The van der Waals surface area contributed by atoms with Gasteiger partial charge in [-0.3, -0.25) is 14.4 Å². The van der Waals surface area contributed by atoms with Crippen molar-refractivity contribution in [2.24, 2.45) is 0 Å². The molecular weight excluding hydrogens is 554 g/mol. The first kappa shape index (κ1) is 29.4. The molecule has 2 aliphatic heterocycles. The van der Waals surface area contributed by atoms with Gasteiger partial charge in [0.15, 0.2) is 0 Å². The number of halogens is 1. The summed E-state index contributed by atoms with van der Waals surface area (Å²) in [5, 5.41) is 6.77. The van der Waals surface area contributed by atoms with E-state index in [-0.39, 0.29) is 17.7 Å². The van der Waals surface area contributed by atoms with E-state index in [9.17, 15) is 14.4 Å². The number of nitrogens with zero attached hydrogens (tertiary/aromatic N) is 3. The number of methoxy groups -OCH3 is 1. The van der Waals surface area contributed by atoms with Crippen molar-refractivity contribution in [1.29, 1.82) is 0 Å². The van der Waals surface area contributed by atoms with Crippen LogP contribution < -0.4 is 20.3 Å². The number of nitrogens with one attached hydrogen (secondary N) is 2. The molecule has 3 aromatic rings. The average molecular weight is 590 g/mol. The third-order valence-electron chi connectivity index (χ3n) is 7.69. The number of rotatable bonds is 7. The van der Waals surface area contributed by atoms with E-state index in [2.05, 4.69) is 15.5 Å². The minimum Gasteiger partial charge on any atom is -0.497 e. The van der Waals surface area contributed by atoms with Gasteiger partial charge >= 0.3 is 0 Å². The Balaban J connectivity index is 1.34. The first-order valence-corrected chi connectivity index (χ1v) is 14.7. The van der Waals surface area contributed by atoms with Gasteiger partial charge in [0.25, 0.3) is 11.8 Å². The topological polar surface area (TPSA) is 94.2 Å². The summed E-state index contributed by atoms with van der Waals surface area (Å²) in [7, 11) is 1.62. The second kappa shape index (κ2) is 13.7. The quantitative estimate of drug-likeness (QED) is 0.434. The highest BCUT2D eigenvalue weighted by Gasteiger charge is 2.24. The Morgan fingerprint density at radius 1 is 0.857 bits per heavy atom. The lowest BCUT2D eigenvalue weighted by molar-refractivity contribution is -0.130. The van der Waals surface area contributed by atoms with Crippen LogP contribution in [0.15, 0.2) is 66.7 Å². The van der Waals surface area contributed by atoms with E-state index in [1.165, 1.54) is 0 Å². The number of amides is 3. The highest BCUT2D eigenvalue weighted by molar-refractivity contribution is 6.31. The van der Waals surface area contributed by atoms with E-state index in [1.807, 2.05) is 46.2 Å². The van der Waals surface area contributed by atoms with Gasteiger partial charge in [0, 0.05) is 68.5 Å². The molecule has 42 heavy (non-hydrogen) atoms. The van der Waals surface area contributed by atoms with Crippen molar-refractivity contribution in [3.05, 3.63) is 88.4 Å². The second-order valence-electron chi connectivity index (χ2n) is 10.5. The zero-order chi connectivity index (χ0) is 29.5. The number of hydrogen-bond acceptors (Lipinski definition) is 6. The average Bonchev–Trinajstić information content (AvgIpc) is 3.28. The molecule has 0 spiro atoms. The van der Waals surface area contributed by atoms with Crippen molar-refractivity contribution in [3.8, 4) is 5.75 Å². The molecule has 0 bridgehead atoms. The SMILES string of the molecule is COc1ccc(CC(=O)N2CCCN(c3ccc(C(=O)N4CCNCC4)cc3NC(=O)c3cccc(Cl)c3)CC2)cc1. The van der Waals surface area contributed by atoms with Crippen LogP contribution in [-0.4, -0.2) is 87.0 Å². The van der Waals surface area contributed by atoms with Crippen LogP contribution in [0.4, 0.5) is 11.4 Å². The lowest BCUT2D eigenvalue weighted by Gasteiger charge is -2.29. The third-order valence-corrected chi connectivity index (χ3v) is 7.92. The van der Waals surface area contributed by atoms with E-state index in [0.29, 0.717) is 67.5 Å². The van der Waals surface area contributed by atoms with Gasteiger partial charge in [0.05, 0.1) is 24.9 Å². The van der Waals surface area contributed by atoms with Crippen LogP contribution in [0.1, 0.15) is 32.7 Å². The first-order chi connectivity index (χ1) is 20.4. The zero-order valence-electron chi connectivity index (χ0n) is 23.8. The van der Waals surface area contributed by atoms with E-state index in [1.54, 1.807) is 37.4 Å². The van der Waals surface area contributed by atoms with E-state index >= 15 is 0 Å². The van der Waals surface area contributed by atoms with Gasteiger partial charge < -0.3 is 30.1 Å². The van der Waals surface area contributed by atoms with Gasteiger partial charge in [0.1, 0.15) is 5.75 Å². The number of piperazine rings is 1. The van der Waals surface area contributed by atoms with Gasteiger partial charge in [-0.2, -0.15) is 0 Å². The van der Waals surface area contributed by atoms with Crippen molar-refractivity contribution >= 4 is 40.7 Å². The van der Waals surface area contributed by atoms with Gasteiger partial charge in [-0.25, -0.2) is 0 Å². The van der Waals surface area contributed by atoms with Crippen LogP contribution in [-0.2, 0) is 11.2 Å². The summed E-state index contributed by atoms with van der Waals surface area (Å²) in [6.45, 7) is 5.28. The molecular formula is C32H36ClN5O4. The molecule has 10 heteroatoms. The fourth-order valence-corrected chi connectivity index (χ4v) is 5.55. The van der Waals surface area contributed by atoms with Crippen LogP contribution in [0, 0.1) is 0 Å². The van der Waals surface area contributed by atoms with Crippen LogP contribution >= 0.6 is 11.6 Å². The molecule has 2 heterocycles. The molecule has 220 valence electrons. The molecule has 0 unspecified atom stereocenters. The Hall–Kier alpha value is -4.08. The summed E-state index contributed by atoms with van der Waals surface area (Å²) in [5.41, 5.74) is 3.26. The number of carbonyl (C=O) groups excluding carboxylic acids is 3. The molecule has 2 aliphatic rings. The second-order valence-corrected chi connectivity index (χ2v) is 10.9. The molecule has 0 atom stereocenters. The summed E-state index contributed by atoms with van der Waals surface area (Å²) >= 11 is 6.14. The van der Waals surface area contributed by atoms with Crippen LogP contribution in [0.3, 0.4) is 0 Å². The van der Waals surface area contributed by atoms with E-state index in [0.717, 1.165) is 36.5 Å². The Labute approximate surface area is 251 Å². The number of benzene rings is 3. The van der Waals surface area contributed by atoms with Crippen LogP contribution in [0.5, 0.6) is 5.75 Å². The van der Waals surface area contributed by atoms with E-state index < -0.39 is 0 Å². The maximum atomic E-state index is 13.3. The lowest BCUT2D eigenvalue weighted by atomic mass is 10.1. The number of anilines is 2. The van der Waals surface area contributed by atoms with Crippen molar-refractivity contribution in [3.63, 3.8) is 0 Å². The highest BCUT2D eigenvalue weighted by Crippen LogP contribution is 2.30. The minimum absolute atomic E-state index is 0.0625. The van der Waals surface area contributed by atoms with Crippen LogP contribution in [0.2, 0.25) is 5.02 Å². The van der Waals surface area contributed by atoms with Crippen molar-refractivity contribution < 1.29 is 19.1 Å². The smallest absolute Gasteiger partial charge is 0.255 e. The normalized spacial score (nSPS) is 15.6. The monoisotopic (exact) mass is 589 g/mol. The molecule has 9 nitrogen and oxygen atoms in total. The molecule has 2 saturated heterocycles. The molecule has 2 N–H and O–H groups in total. The van der Waals surface area contributed by atoms with E-state index in [4.69, 9.17) is 16.3 Å². The molecule has 2 fully saturated rings.